The van der Waals surface area contributed by atoms with E-state index in [0.29, 0.717) is 12.3 Å². The van der Waals surface area contributed by atoms with Gasteiger partial charge in [0.15, 0.2) is 0 Å². The molecule has 3 heteroatoms. The van der Waals surface area contributed by atoms with Gasteiger partial charge < -0.3 is 14.9 Å². The van der Waals surface area contributed by atoms with Crippen molar-refractivity contribution in [1.82, 2.24) is 0 Å². The van der Waals surface area contributed by atoms with Crippen LogP contribution in [0.2, 0.25) is 0 Å². The molecule has 1 unspecified atom stereocenters. The molecule has 0 saturated heterocycles. The molecule has 11 heavy (non-hydrogen) atoms. The fourth-order valence-corrected chi connectivity index (χ4v) is 1.67. The molecule has 3 nitrogen and oxygen atoms in total. The number of rotatable bonds is 1. The Labute approximate surface area is 67.0 Å². The van der Waals surface area contributed by atoms with Crippen LogP contribution in [0.1, 0.15) is 19.8 Å². The summed E-state index contributed by atoms with van der Waals surface area (Å²) in [5.74, 6) is 0.443. The summed E-state index contributed by atoms with van der Waals surface area (Å²) in [4.78, 5) is 0. The second-order valence-electron chi connectivity index (χ2n) is 3.41. The van der Waals surface area contributed by atoms with Gasteiger partial charge in [-0.3, -0.25) is 0 Å². The van der Waals surface area contributed by atoms with Gasteiger partial charge in [-0.05, 0) is 18.8 Å². The van der Waals surface area contributed by atoms with Crippen molar-refractivity contribution >= 4 is 0 Å². The van der Waals surface area contributed by atoms with Crippen LogP contribution in [0.15, 0.2) is 0 Å². The zero-order valence-electron chi connectivity index (χ0n) is 7.03. The van der Waals surface area contributed by atoms with Crippen LogP contribution in [0.3, 0.4) is 0 Å². The van der Waals surface area contributed by atoms with Crippen LogP contribution >= 0.6 is 0 Å². The molecule has 0 aromatic carbocycles. The molecule has 0 amide bonds. The predicted molar refractivity (Wildman–Crippen MR) is 41.2 cm³/mol. The Bertz CT molecular complexity index is 127. The van der Waals surface area contributed by atoms with Crippen molar-refractivity contribution in [3.8, 4) is 0 Å². The maximum Gasteiger partial charge on any atom is 0.106 e. The first-order valence-electron chi connectivity index (χ1n) is 4.04. The second-order valence-corrected chi connectivity index (χ2v) is 3.41. The summed E-state index contributed by atoms with van der Waals surface area (Å²) in [6.07, 6.45) is 0.0316. The van der Waals surface area contributed by atoms with Crippen molar-refractivity contribution in [2.75, 3.05) is 7.11 Å². The number of hydrogen-bond acceptors (Lipinski definition) is 3. The van der Waals surface area contributed by atoms with Crippen LogP contribution in [-0.4, -0.2) is 35.6 Å². The molecule has 4 atom stereocenters. The molecule has 0 heterocycles. The number of hydrogen-bond donors (Lipinski definition) is 2. The van der Waals surface area contributed by atoms with Crippen molar-refractivity contribution in [3.05, 3.63) is 0 Å². The summed E-state index contributed by atoms with van der Waals surface area (Å²) in [6.45, 7) is 2.06. The van der Waals surface area contributed by atoms with Gasteiger partial charge in [0, 0.05) is 7.11 Å². The molecule has 2 N–H and O–H groups in total. The molecular formula is C8H16O3. The Morgan fingerprint density at radius 2 is 1.91 bits per heavy atom. The quantitative estimate of drug-likeness (QED) is 0.574. The summed E-state index contributed by atoms with van der Waals surface area (Å²) in [6, 6.07) is 0. The summed E-state index contributed by atoms with van der Waals surface area (Å²) in [5, 5.41) is 18.7. The van der Waals surface area contributed by atoms with E-state index in [2.05, 4.69) is 6.92 Å². The zero-order chi connectivity index (χ0) is 8.43. The minimum Gasteiger partial charge on any atom is -0.390 e. The second kappa shape index (κ2) is 3.52. The molecule has 0 aromatic heterocycles. The Morgan fingerprint density at radius 1 is 1.27 bits per heavy atom. The average molecular weight is 160 g/mol. The molecule has 1 aliphatic carbocycles. The van der Waals surface area contributed by atoms with E-state index < -0.39 is 12.2 Å². The van der Waals surface area contributed by atoms with E-state index >= 15 is 0 Å². The van der Waals surface area contributed by atoms with E-state index in [0.717, 1.165) is 6.42 Å². The van der Waals surface area contributed by atoms with E-state index in [1.54, 1.807) is 7.11 Å². The third-order valence-electron chi connectivity index (χ3n) is 2.36. The normalized spacial score (nSPS) is 45.8. The minimum absolute atomic E-state index is 0.186. The van der Waals surface area contributed by atoms with Crippen molar-refractivity contribution in [2.24, 2.45) is 5.92 Å². The minimum atomic E-state index is -0.698. The van der Waals surface area contributed by atoms with Crippen molar-refractivity contribution < 1.29 is 14.9 Å². The Hall–Kier alpha value is -0.120. The highest BCUT2D eigenvalue weighted by Gasteiger charge is 2.33. The van der Waals surface area contributed by atoms with Gasteiger partial charge in [-0.25, -0.2) is 0 Å². The van der Waals surface area contributed by atoms with Gasteiger partial charge in [-0.1, -0.05) is 6.92 Å². The monoisotopic (exact) mass is 160 g/mol. The molecule has 0 aliphatic heterocycles. The first-order chi connectivity index (χ1) is 5.15. The molecule has 1 aliphatic rings. The molecule has 66 valence electrons. The lowest BCUT2D eigenvalue weighted by atomic mass is 9.84. The lowest BCUT2D eigenvalue weighted by Crippen LogP contribution is -2.44. The van der Waals surface area contributed by atoms with E-state index in [9.17, 15) is 10.2 Å². The van der Waals surface area contributed by atoms with Gasteiger partial charge in [0.2, 0.25) is 0 Å². The van der Waals surface area contributed by atoms with Gasteiger partial charge >= 0.3 is 0 Å². The van der Waals surface area contributed by atoms with Crippen LogP contribution in [-0.2, 0) is 4.74 Å². The standard InChI is InChI=1S/C8H16O3/c1-5-3-6(9)8(10)7(4-5)11-2/h5-10H,3-4H2,1-2H3/t5?,6-,7-,8+/m1/s1. The molecule has 0 aromatic rings. The summed E-state index contributed by atoms with van der Waals surface area (Å²) in [7, 11) is 1.57. The molecule has 0 bridgehead atoms. The summed E-state index contributed by atoms with van der Waals surface area (Å²) >= 11 is 0. The van der Waals surface area contributed by atoms with Crippen LogP contribution in [0.5, 0.6) is 0 Å². The van der Waals surface area contributed by atoms with Crippen LogP contribution in [0.25, 0.3) is 0 Å². The Morgan fingerprint density at radius 3 is 2.45 bits per heavy atom. The Balaban J connectivity index is 2.51. The first-order valence-corrected chi connectivity index (χ1v) is 4.04. The highest BCUT2D eigenvalue weighted by Crippen LogP contribution is 2.26. The topological polar surface area (TPSA) is 49.7 Å². The van der Waals surface area contributed by atoms with Crippen LogP contribution in [0, 0.1) is 5.92 Å². The molecule has 0 radical (unpaired) electrons. The highest BCUT2D eigenvalue weighted by molar-refractivity contribution is 4.84. The number of methoxy groups -OCH3 is 1. The van der Waals surface area contributed by atoms with Crippen LogP contribution < -0.4 is 0 Å². The summed E-state index contributed by atoms with van der Waals surface area (Å²) < 4.78 is 5.03. The lowest BCUT2D eigenvalue weighted by Gasteiger charge is -2.34. The SMILES string of the molecule is CO[C@@H]1CC(C)C[C@@H](O)[C@@H]1O. The molecule has 1 rings (SSSR count). The first kappa shape index (κ1) is 8.97. The third kappa shape index (κ3) is 1.92. The Kier molecular flexibility index (Phi) is 2.87. The van der Waals surface area contributed by atoms with Crippen molar-refractivity contribution in [2.45, 2.75) is 38.1 Å². The maximum atomic E-state index is 9.38. The highest BCUT2D eigenvalue weighted by atomic mass is 16.5. The number of aliphatic hydroxyl groups is 2. The van der Waals surface area contributed by atoms with E-state index in [-0.39, 0.29) is 6.10 Å². The van der Waals surface area contributed by atoms with Gasteiger partial charge in [0.1, 0.15) is 6.10 Å². The largest absolute Gasteiger partial charge is 0.390 e. The number of aliphatic hydroxyl groups excluding tert-OH is 2. The third-order valence-corrected chi connectivity index (χ3v) is 2.36. The van der Waals surface area contributed by atoms with Gasteiger partial charge in [-0.2, -0.15) is 0 Å². The van der Waals surface area contributed by atoms with Crippen molar-refractivity contribution in [1.29, 1.82) is 0 Å². The van der Waals surface area contributed by atoms with E-state index in [4.69, 9.17) is 4.74 Å². The fraction of sp³-hybridized carbons (Fsp3) is 1.00. The average Bonchev–Trinajstić information content (AvgIpc) is 1.96. The van der Waals surface area contributed by atoms with E-state index in [1.165, 1.54) is 0 Å². The number of ether oxygens (including phenoxy) is 1. The maximum absolute atomic E-state index is 9.38. The van der Waals surface area contributed by atoms with Crippen LogP contribution in [0.4, 0.5) is 0 Å². The van der Waals surface area contributed by atoms with Gasteiger partial charge in [-0.15, -0.1) is 0 Å². The molecule has 1 fully saturated rings. The van der Waals surface area contributed by atoms with Crippen molar-refractivity contribution in [3.63, 3.8) is 0 Å². The predicted octanol–water partition coefficient (Wildman–Crippen LogP) is 0.153. The molecule has 0 spiro atoms. The molecule has 1 saturated carbocycles. The zero-order valence-corrected chi connectivity index (χ0v) is 7.03. The van der Waals surface area contributed by atoms with Gasteiger partial charge in [0.05, 0.1) is 12.2 Å². The fourth-order valence-electron chi connectivity index (χ4n) is 1.67. The van der Waals surface area contributed by atoms with E-state index in [1.807, 2.05) is 0 Å². The summed E-state index contributed by atoms with van der Waals surface area (Å²) in [5.41, 5.74) is 0. The lowest BCUT2D eigenvalue weighted by molar-refractivity contribution is -0.111. The smallest absolute Gasteiger partial charge is 0.106 e. The van der Waals surface area contributed by atoms with Gasteiger partial charge in [0.25, 0.3) is 0 Å². The molecular weight excluding hydrogens is 144 g/mol.